The van der Waals surface area contributed by atoms with Crippen molar-refractivity contribution in [3.05, 3.63) is 45.4 Å². The van der Waals surface area contributed by atoms with Crippen LogP contribution in [0.25, 0.3) is 0 Å². The molecule has 0 aliphatic heterocycles. The smallest absolute Gasteiger partial charge is 0.140 e. The van der Waals surface area contributed by atoms with Gasteiger partial charge in [-0.15, -0.1) is 11.3 Å². The van der Waals surface area contributed by atoms with Crippen molar-refractivity contribution < 1.29 is 9.84 Å². The minimum Gasteiger partial charge on any atom is -0.486 e. The van der Waals surface area contributed by atoms with Gasteiger partial charge in [0.25, 0.3) is 0 Å². The molecule has 17 heavy (non-hydrogen) atoms. The highest BCUT2D eigenvalue weighted by atomic mass is 35.5. The van der Waals surface area contributed by atoms with E-state index in [-0.39, 0.29) is 6.61 Å². The summed E-state index contributed by atoms with van der Waals surface area (Å²) in [7, 11) is 0. The fraction of sp³-hybridized carbons (Fsp3) is 0.250. The molecule has 2 aromatic rings. The van der Waals surface area contributed by atoms with Gasteiger partial charge in [-0.3, -0.25) is 0 Å². The molecule has 0 saturated heterocycles. The van der Waals surface area contributed by atoms with Crippen molar-refractivity contribution in [2.24, 2.45) is 0 Å². The quantitative estimate of drug-likeness (QED) is 0.908. The number of benzene rings is 1. The molecule has 0 atom stereocenters. The molecule has 1 aromatic carbocycles. The molecule has 3 nitrogen and oxygen atoms in total. The van der Waals surface area contributed by atoms with Crippen molar-refractivity contribution >= 4 is 22.9 Å². The molecule has 2 rings (SSSR count). The van der Waals surface area contributed by atoms with Gasteiger partial charge in [0.2, 0.25) is 0 Å². The molecule has 1 aromatic heterocycles. The Hall–Kier alpha value is -1.10. The van der Waals surface area contributed by atoms with Crippen LogP contribution in [0.3, 0.4) is 0 Å². The number of hydrogen-bond acceptors (Lipinski definition) is 4. The lowest BCUT2D eigenvalue weighted by atomic mass is 10.3. The third-order valence-electron chi connectivity index (χ3n) is 2.14. The Morgan fingerprint density at radius 3 is 2.76 bits per heavy atom. The zero-order valence-electron chi connectivity index (χ0n) is 9.10. The summed E-state index contributed by atoms with van der Waals surface area (Å²) in [5.41, 5.74) is 0.909. The maximum atomic E-state index is 8.78. The number of rotatable bonds is 5. The second kappa shape index (κ2) is 6.00. The van der Waals surface area contributed by atoms with Crippen LogP contribution in [0.2, 0.25) is 5.02 Å². The molecular formula is C12H12ClNO2S. The van der Waals surface area contributed by atoms with Crippen LogP contribution in [0.5, 0.6) is 5.75 Å². The van der Waals surface area contributed by atoms with Gasteiger partial charge in [-0.1, -0.05) is 11.6 Å². The summed E-state index contributed by atoms with van der Waals surface area (Å²) in [4.78, 5) is 4.34. The highest BCUT2D eigenvalue weighted by Crippen LogP contribution is 2.18. The fourth-order valence-corrected chi connectivity index (χ4v) is 2.19. The van der Waals surface area contributed by atoms with E-state index in [1.165, 1.54) is 11.3 Å². The third-order valence-corrected chi connectivity index (χ3v) is 3.27. The van der Waals surface area contributed by atoms with E-state index >= 15 is 0 Å². The van der Waals surface area contributed by atoms with E-state index in [9.17, 15) is 0 Å². The Labute approximate surface area is 109 Å². The molecule has 0 aliphatic rings. The largest absolute Gasteiger partial charge is 0.486 e. The lowest BCUT2D eigenvalue weighted by molar-refractivity contribution is 0.295. The first-order chi connectivity index (χ1) is 8.28. The molecule has 0 spiro atoms. The number of ether oxygens (including phenoxy) is 1. The molecule has 1 heterocycles. The second-order valence-corrected chi connectivity index (χ2v) is 4.83. The van der Waals surface area contributed by atoms with Crippen molar-refractivity contribution in [2.75, 3.05) is 6.61 Å². The average molecular weight is 270 g/mol. The number of aliphatic hydroxyl groups is 1. The first kappa shape index (κ1) is 12.4. The van der Waals surface area contributed by atoms with Crippen LogP contribution >= 0.6 is 22.9 Å². The fourth-order valence-electron chi connectivity index (χ4n) is 1.32. The van der Waals surface area contributed by atoms with Crippen molar-refractivity contribution in [3.8, 4) is 5.75 Å². The normalized spacial score (nSPS) is 10.5. The Morgan fingerprint density at radius 1 is 1.29 bits per heavy atom. The predicted molar refractivity (Wildman–Crippen MR) is 68.7 cm³/mol. The second-order valence-electron chi connectivity index (χ2n) is 3.45. The molecule has 0 bridgehead atoms. The van der Waals surface area contributed by atoms with Crippen LogP contribution in [0.1, 0.15) is 10.7 Å². The van der Waals surface area contributed by atoms with E-state index in [1.807, 2.05) is 17.5 Å². The Bertz CT molecular complexity index is 470. The highest BCUT2D eigenvalue weighted by molar-refractivity contribution is 7.09. The van der Waals surface area contributed by atoms with Crippen LogP contribution < -0.4 is 4.74 Å². The highest BCUT2D eigenvalue weighted by Gasteiger charge is 2.02. The van der Waals surface area contributed by atoms with Gasteiger partial charge < -0.3 is 9.84 Å². The molecule has 1 N–H and O–H groups in total. The van der Waals surface area contributed by atoms with Crippen LogP contribution in [0, 0.1) is 0 Å². The Balaban J connectivity index is 1.90. The molecule has 0 aliphatic carbocycles. The lowest BCUT2D eigenvalue weighted by Gasteiger charge is -2.03. The first-order valence-electron chi connectivity index (χ1n) is 5.20. The number of aliphatic hydroxyl groups excluding tert-OH is 1. The predicted octanol–water partition coefficient (Wildman–Crippen LogP) is 2.91. The van der Waals surface area contributed by atoms with Gasteiger partial charge in [0.1, 0.15) is 17.4 Å². The first-order valence-corrected chi connectivity index (χ1v) is 6.46. The topological polar surface area (TPSA) is 42.4 Å². The van der Waals surface area contributed by atoms with Gasteiger partial charge in [0, 0.05) is 23.4 Å². The number of thiazole rings is 1. The molecule has 0 amide bonds. The average Bonchev–Trinajstić information content (AvgIpc) is 2.77. The minimum absolute atomic E-state index is 0.126. The molecule has 0 fully saturated rings. The van der Waals surface area contributed by atoms with Crippen molar-refractivity contribution in [2.45, 2.75) is 13.0 Å². The van der Waals surface area contributed by atoms with Crippen molar-refractivity contribution in [1.82, 2.24) is 4.98 Å². The molecule has 0 radical (unpaired) electrons. The van der Waals surface area contributed by atoms with Crippen LogP contribution in [-0.2, 0) is 13.0 Å². The van der Waals surface area contributed by atoms with Crippen molar-refractivity contribution in [3.63, 3.8) is 0 Å². The van der Waals surface area contributed by atoms with E-state index in [0.717, 1.165) is 16.5 Å². The summed E-state index contributed by atoms with van der Waals surface area (Å²) >= 11 is 7.32. The summed E-state index contributed by atoms with van der Waals surface area (Å²) in [6.07, 6.45) is 0.595. The monoisotopic (exact) mass is 269 g/mol. The summed E-state index contributed by atoms with van der Waals surface area (Å²) < 4.78 is 5.57. The minimum atomic E-state index is 0.126. The van der Waals surface area contributed by atoms with E-state index in [2.05, 4.69) is 4.98 Å². The molecule has 0 saturated carbocycles. The zero-order valence-corrected chi connectivity index (χ0v) is 10.7. The maximum absolute atomic E-state index is 8.78. The summed E-state index contributed by atoms with van der Waals surface area (Å²) in [6.45, 7) is 0.568. The van der Waals surface area contributed by atoms with Gasteiger partial charge in [-0.2, -0.15) is 0 Å². The summed E-state index contributed by atoms with van der Waals surface area (Å²) in [6, 6.07) is 7.22. The lowest BCUT2D eigenvalue weighted by Crippen LogP contribution is -1.96. The van der Waals surface area contributed by atoms with Gasteiger partial charge in [-0.25, -0.2) is 4.98 Å². The summed E-state index contributed by atoms with van der Waals surface area (Å²) in [5, 5.41) is 12.3. The summed E-state index contributed by atoms with van der Waals surface area (Å²) in [5.74, 6) is 0.772. The zero-order chi connectivity index (χ0) is 12.1. The van der Waals surface area contributed by atoms with Crippen LogP contribution in [0.4, 0.5) is 0 Å². The number of halogens is 1. The van der Waals surface area contributed by atoms with E-state index < -0.39 is 0 Å². The van der Waals surface area contributed by atoms with E-state index in [1.54, 1.807) is 12.1 Å². The molecule has 90 valence electrons. The SMILES string of the molecule is OCCc1csc(COc2ccc(Cl)cc2)n1. The van der Waals surface area contributed by atoms with Crippen molar-refractivity contribution in [1.29, 1.82) is 0 Å². The third kappa shape index (κ3) is 3.70. The van der Waals surface area contributed by atoms with Crippen LogP contribution in [-0.4, -0.2) is 16.7 Å². The van der Waals surface area contributed by atoms with Gasteiger partial charge >= 0.3 is 0 Å². The Kier molecular flexibility index (Phi) is 4.36. The van der Waals surface area contributed by atoms with Gasteiger partial charge in [-0.05, 0) is 24.3 Å². The number of hydrogen-bond donors (Lipinski definition) is 1. The number of nitrogens with zero attached hydrogens (tertiary/aromatic N) is 1. The van der Waals surface area contributed by atoms with E-state index in [4.69, 9.17) is 21.4 Å². The molecular weight excluding hydrogens is 258 g/mol. The van der Waals surface area contributed by atoms with E-state index in [0.29, 0.717) is 18.1 Å². The maximum Gasteiger partial charge on any atom is 0.140 e. The Morgan fingerprint density at radius 2 is 2.06 bits per heavy atom. The molecule has 5 heteroatoms. The van der Waals surface area contributed by atoms with Crippen LogP contribution in [0.15, 0.2) is 29.6 Å². The van der Waals surface area contributed by atoms with Gasteiger partial charge in [0.05, 0.1) is 5.69 Å². The molecule has 0 unspecified atom stereocenters. The standard InChI is InChI=1S/C12H12ClNO2S/c13-9-1-3-11(4-2-9)16-7-12-14-10(5-6-15)8-17-12/h1-4,8,15H,5-7H2. The number of aromatic nitrogens is 1. The van der Waals surface area contributed by atoms with Gasteiger partial charge in [0.15, 0.2) is 0 Å².